The summed E-state index contributed by atoms with van der Waals surface area (Å²) < 4.78 is 0. The highest BCUT2D eigenvalue weighted by Gasteiger charge is 2.21. The van der Waals surface area contributed by atoms with E-state index < -0.39 is 0 Å². The molecule has 1 atom stereocenters. The van der Waals surface area contributed by atoms with Gasteiger partial charge in [-0.25, -0.2) is 0 Å². The first-order valence-corrected chi connectivity index (χ1v) is 5.12. The summed E-state index contributed by atoms with van der Waals surface area (Å²) in [6, 6.07) is 0.678. The molecule has 0 N–H and O–H groups in total. The summed E-state index contributed by atoms with van der Waals surface area (Å²) in [6.07, 6.45) is 7.31. The van der Waals surface area contributed by atoms with Gasteiger partial charge in [-0.15, -0.1) is 0 Å². The quantitative estimate of drug-likeness (QED) is 0.584. The molecule has 0 aromatic rings. The van der Waals surface area contributed by atoms with Gasteiger partial charge in [0.1, 0.15) is 0 Å². The van der Waals surface area contributed by atoms with Gasteiger partial charge in [-0.1, -0.05) is 26.0 Å². The van der Waals surface area contributed by atoms with Crippen molar-refractivity contribution < 1.29 is 0 Å². The average Bonchev–Trinajstić information content (AvgIpc) is 2.51. The Kier molecular flexibility index (Phi) is 3.80. The van der Waals surface area contributed by atoms with Gasteiger partial charge in [0, 0.05) is 6.04 Å². The predicted octanol–water partition coefficient (Wildman–Crippen LogP) is 2.68. The van der Waals surface area contributed by atoms with Crippen LogP contribution >= 0.6 is 0 Å². The summed E-state index contributed by atoms with van der Waals surface area (Å²) in [5.74, 6) is 0.749. The molecule has 0 spiro atoms. The first kappa shape index (κ1) is 9.79. The molecule has 1 saturated heterocycles. The minimum atomic E-state index is 0.678. The molecule has 1 unspecified atom stereocenters. The van der Waals surface area contributed by atoms with E-state index in [4.69, 9.17) is 0 Å². The van der Waals surface area contributed by atoms with Crippen molar-refractivity contribution in [1.82, 2.24) is 4.90 Å². The zero-order valence-electron chi connectivity index (χ0n) is 8.59. The van der Waals surface area contributed by atoms with Gasteiger partial charge in [-0.2, -0.15) is 0 Å². The zero-order valence-corrected chi connectivity index (χ0v) is 8.59. The maximum absolute atomic E-state index is 2.60. The third kappa shape index (κ3) is 2.34. The first-order valence-electron chi connectivity index (χ1n) is 5.12. The molecule has 70 valence electrons. The van der Waals surface area contributed by atoms with E-state index in [1.54, 1.807) is 0 Å². The van der Waals surface area contributed by atoms with Crippen LogP contribution in [-0.2, 0) is 0 Å². The summed E-state index contributed by atoms with van der Waals surface area (Å²) in [7, 11) is 0. The van der Waals surface area contributed by atoms with Crippen LogP contribution in [-0.4, -0.2) is 24.0 Å². The molecule has 1 aliphatic heterocycles. The average molecular weight is 167 g/mol. The molecular formula is C11H21N. The van der Waals surface area contributed by atoms with Crippen LogP contribution in [0.25, 0.3) is 0 Å². The minimum Gasteiger partial charge on any atom is -0.297 e. The van der Waals surface area contributed by atoms with E-state index >= 15 is 0 Å². The van der Waals surface area contributed by atoms with Crippen molar-refractivity contribution in [1.29, 1.82) is 0 Å². The molecule has 0 amide bonds. The Labute approximate surface area is 76.5 Å². The van der Waals surface area contributed by atoms with Gasteiger partial charge in [0.2, 0.25) is 0 Å². The molecule has 0 aromatic heterocycles. The molecule has 1 rings (SSSR count). The van der Waals surface area contributed by atoms with E-state index in [0.717, 1.165) is 5.92 Å². The number of rotatable bonds is 3. The Bertz CT molecular complexity index is 143. The first-order chi connectivity index (χ1) is 5.75. The van der Waals surface area contributed by atoms with Crippen molar-refractivity contribution in [2.45, 2.75) is 39.7 Å². The van der Waals surface area contributed by atoms with Crippen LogP contribution in [0, 0.1) is 5.92 Å². The molecule has 0 radical (unpaired) electrons. The Morgan fingerprint density at radius 3 is 2.17 bits per heavy atom. The summed E-state index contributed by atoms with van der Waals surface area (Å²) in [5, 5.41) is 0. The monoisotopic (exact) mass is 167 g/mol. The van der Waals surface area contributed by atoms with Crippen LogP contribution in [0.15, 0.2) is 12.2 Å². The van der Waals surface area contributed by atoms with Gasteiger partial charge in [-0.05, 0) is 38.8 Å². The van der Waals surface area contributed by atoms with Gasteiger partial charge >= 0.3 is 0 Å². The van der Waals surface area contributed by atoms with Crippen molar-refractivity contribution in [2.75, 3.05) is 13.1 Å². The van der Waals surface area contributed by atoms with Crippen LogP contribution in [0.2, 0.25) is 0 Å². The van der Waals surface area contributed by atoms with Gasteiger partial charge in [0.05, 0.1) is 0 Å². The third-order valence-corrected chi connectivity index (χ3v) is 2.63. The van der Waals surface area contributed by atoms with Crippen molar-refractivity contribution in [3.8, 4) is 0 Å². The van der Waals surface area contributed by atoms with Crippen molar-refractivity contribution in [3.05, 3.63) is 12.2 Å². The van der Waals surface area contributed by atoms with Crippen LogP contribution in [0.5, 0.6) is 0 Å². The standard InChI is InChI=1S/C11H21N/c1-4-7-11(10(2)3)12-8-5-6-9-12/h4,7,10-11H,5-6,8-9H2,1-3H3/b7-4-. The summed E-state index contributed by atoms with van der Waals surface area (Å²) in [4.78, 5) is 2.60. The fraction of sp³-hybridized carbons (Fsp3) is 0.818. The minimum absolute atomic E-state index is 0.678. The second-order valence-electron chi connectivity index (χ2n) is 4.00. The zero-order chi connectivity index (χ0) is 8.97. The highest BCUT2D eigenvalue weighted by molar-refractivity contribution is 4.95. The lowest BCUT2D eigenvalue weighted by Crippen LogP contribution is -2.35. The van der Waals surface area contributed by atoms with E-state index in [1.807, 2.05) is 0 Å². The third-order valence-electron chi connectivity index (χ3n) is 2.63. The molecule has 1 fully saturated rings. The maximum atomic E-state index is 2.60. The molecule has 0 bridgehead atoms. The van der Waals surface area contributed by atoms with Gasteiger partial charge in [0.25, 0.3) is 0 Å². The maximum Gasteiger partial charge on any atom is 0.0301 e. The normalized spacial score (nSPS) is 22.7. The molecule has 12 heavy (non-hydrogen) atoms. The number of likely N-dealkylation sites (tertiary alicyclic amines) is 1. The van der Waals surface area contributed by atoms with E-state index in [2.05, 4.69) is 37.8 Å². The number of hydrogen-bond acceptors (Lipinski definition) is 1. The van der Waals surface area contributed by atoms with Crippen LogP contribution in [0.1, 0.15) is 33.6 Å². The molecule has 0 saturated carbocycles. The highest BCUT2D eigenvalue weighted by Crippen LogP contribution is 2.18. The van der Waals surface area contributed by atoms with Crippen molar-refractivity contribution in [2.24, 2.45) is 5.92 Å². The fourth-order valence-electron chi connectivity index (χ4n) is 2.00. The molecule has 1 heterocycles. The van der Waals surface area contributed by atoms with Gasteiger partial charge < -0.3 is 0 Å². The fourth-order valence-corrected chi connectivity index (χ4v) is 2.00. The Morgan fingerprint density at radius 2 is 1.75 bits per heavy atom. The van der Waals surface area contributed by atoms with E-state index in [9.17, 15) is 0 Å². The Balaban J connectivity index is 2.51. The summed E-state index contributed by atoms with van der Waals surface area (Å²) in [5.41, 5.74) is 0. The predicted molar refractivity (Wildman–Crippen MR) is 54.2 cm³/mol. The van der Waals surface area contributed by atoms with Crippen LogP contribution in [0.3, 0.4) is 0 Å². The van der Waals surface area contributed by atoms with Gasteiger partial charge in [-0.3, -0.25) is 4.90 Å². The summed E-state index contributed by atoms with van der Waals surface area (Å²) in [6.45, 7) is 9.33. The number of allylic oxidation sites excluding steroid dienone is 1. The SMILES string of the molecule is C/C=C\C(C(C)C)N1CCCC1. The molecule has 0 aromatic carbocycles. The lowest BCUT2D eigenvalue weighted by atomic mass is 10.0. The smallest absolute Gasteiger partial charge is 0.0301 e. The summed E-state index contributed by atoms with van der Waals surface area (Å²) >= 11 is 0. The number of hydrogen-bond donors (Lipinski definition) is 0. The lowest BCUT2D eigenvalue weighted by Gasteiger charge is -2.27. The Morgan fingerprint density at radius 1 is 1.17 bits per heavy atom. The van der Waals surface area contributed by atoms with Gasteiger partial charge in [0.15, 0.2) is 0 Å². The van der Waals surface area contributed by atoms with E-state index in [-0.39, 0.29) is 0 Å². The van der Waals surface area contributed by atoms with Crippen LogP contribution in [0.4, 0.5) is 0 Å². The molecule has 1 nitrogen and oxygen atoms in total. The topological polar surface area (TPSA) is 3.24 Å². The molecular weight excluding hydrogens is 146 g/mol. The second kappa shape index (κ2) is 4.66. The Hall–Kier alpha value is -0.300. The van der Waals surface area contributed by atoms with E-state index in [0.29, 0.717) is 6.04 Å². The van der Waals surface area contributed by atoms with Crippen molar-refractivity contribution >= 4 is 0 Å². The second-order valence-corrected chi connectivity index (χ2v) is 4.00. The highest BCUT2D eigenvalue weighted by atomic mass is 15.2. The molecule has 0 aliphatic carbocycles. The molecule has 1 heteroatoms. The lowest BCUT2D eigenvalue weighted by molar-refractivity contribution is 0.233. The van der Waals surface area contributed by atoms with Crippen LogP contribution < -0.4 is 0 Å². The largest absolute Gasteiger partial charge is 0.297 e. The molecule has 1 aliphatic rings. The van der Waals surface area contributed by atoms with E-state index in [1.165, 1.54) is 25.9 Å². The van der Waals surface area contributed by atoms with Crippen molar-refractivity contribution in [3.63, 3.8) is 0 Å². The number of nitrogens with zero attached hydrogens (tertiary/aromatic N) is 1.